The molecular weight excluding hydrogens is 214 g/mol. The van der Waals surface area contributed by atoms with Gasteiger partial charge in [-0.1, -0.05) is 29.8 Å². The smallest absolute Gasteiger partial charge is 0.253 e. The van der Waals surface area contributed by atoms with Crippen molar-refractivity contribution >= 4 is 23.2 Å². The number of nitrogens with two attached hydrogens (primary N) is 1. The van der Waals surface area contributed by atoms with Gasteiger partial charge < -0.3 is 5.73 Å². The Labute approximate surface area is 93.1 Å². The van der Waals surface area contributed by atoms with Gasteiger partial charge in [0.2, 0.25) is 0 Å². The van der Waals surface area contributed by atoms with Crippen LogP contribution in [-0.4, -0.2) is 18.2 Å². The lowest BCUT2D eigenvalue weighted by atomic mass is 10.1. The molecule has 0 bridgehead atoms. The van der Waals surface area contributed by atoms with E-state index in [0.29, 0.717) is 10.7 Å². The SMILES string of the molecule is C/C(=N\NC(=O)CN)c1ccccc1Cl. The number of benzene rings is 1. The van der Waals surface area contributed by atoms with Gasteiger partial charge in [0.25, 0.3) is 5.91 Å². The Morgan fingerprint density at radius 2 is 2.20 bits per heavy atom. The molecule has 0 saturated carbocycles. The Morgan fingerprint density at radius 3 is 2.80 bits per heavy atom. The van der Waals surface area contributed by atoms with Crippen LogP contribution in [0.15, 0.2) is 29.4 Å². The summed E-state index contributed by atoms with van der Waals surface area (Å²) in [6.45, 7) is 1.68. The second kappa shape index (κ2) is 5.48. The number of carbonyl (C=O) groups is 1. The number of nitrogens with zero attached hydrogens (tertiary/aromatic N) is 1. The topological polar surface area (TPSA) is 67.5 Å². The first-order valence-electron chi connectivity index (χ1n) is 4.43. The van der Waals surface area contributed by atoms with Crippen molar-refractivity contribution in [2.45, 2.75) is 6.92 Å². The predicted molar refractivity (Wildman–Crippen MR) is 60.9 cm³/mol. The zero-order valence-electron chi connectivity index (χ0n) is 8.33. The van der Waals surface area contributed by atoms with Gasteiger partial charge in [-0.2, -0.15) is 5.10 Å². The largest absolute Gasteiger partial charge is 0.322 e. The lowest BCUT2D eigenvalue weighted by molar-refractivity contribution is -0.119. The van der Waals surface area contributed by atoms with Gasteiger partial charge in [0, 0.05) is 10.6 Å². The molecule has 0 aliphatic carbocycles. The van der Waals surface area contributed by atoms with Crippen LogP contribution in [-0.2, 0) is 4.79 Å². The van der Waals surface area contributed by atoms with Crippen molar-refractivity contribution in [1.29, 1.82) is 0 Å². The van der Waals surface area contributed by atoms with E-state index in [2.05, 4.69) is 10.5 Å². The molecule has 4 nitrogen and oxygen atoms in total. The highest BCUT2D eigenvalue weighted by molar-refractivity contribution is 6.34. The molecule has 0 atom stereocenters. The summed E-state index contributed by atoms with van der Waals surface area (Å²) in [6.07, 6.45) is 0. The van der Waals surface area contributed by atoms with E-state index in [4.69, 9.17) is 17.3 Å². The van der Waals surface area contributed by atoms with Crippen LogP contribution in [0.2, 0.25) is 5.02 Å². The molecule has 15 heavy (non-hydrogen) atoms. The van der Waals surface area contributed by atoms with Crippen LogP contribution in [0.25, 0.3) is 0 Å². The van der Waals surface area contributed by atoms with E-state index in [9.17, 15) is 4.79 Å². The standard InChI is InChI=1S/C10H12ClN3O/c1-7(13-14-10(15)6-12)8-4-2-3-5-9(8)11/h2-5H,6,12H2,1H3,(H,14,15)/b13-7+. The van der Waals surface area contributed by atoms with Crippen molar-refractivity contribution in [3.63, 3.8) is 0 Å². The quantitative estimate of drug-likeness (QED) is 0.598. The summed E-state index contributed by atoms with van der Waals surface area (Å²) in [7, 11) is 0. The Hall–Kier alpha value is -1.39. The van der Waals surface area contributed by atoms with Crippen LogP contribution in [0, 0.1) is 0 Å². The van der Waals surface area contributed by atoms with Gasteiger partial charge in [0.15, 0.2) is 0 Å². The molecule has 1 aromatic carbocycles. The summed E-state index contributed by atoms with van der Waals surface area (Å²) in [6, 6.07) is 7.28. The van der Waals surface area contributed by atoms with Crippen molar-refractivity contribution in [3.05, 3.63) is 34.9 Å². The van der Waals surface area contributed by atoms with Crippen LogP contribution in [0.1, 0.15) is 12.5 Å². The van der Waals surface area contributed by atoms with E-state index in [-0.39, 0.29) is 12.5 Å². The third-order valence-corrected chi connectivity index (χ3v) is 2.13. The minimum Gasteiger partial charge on any atom is -0.322 e. The molecule has 0 aliphatic rings. The number of hydrogen-bond acceptors (Lipinski definition) is 3. The fourth-order valence-corrected chi connectivity index (χ4v) is 1.28. The molecule has 80 valence electrons. The lowest BCUT2D eigenvalue weighted by Crippen LogP contribution is -2.27. The van der Waals surface area contributed by atoms with E-state index in [1.54, 1.807) is 13.0 Å². The highest BCUT2D eigenvalue weighted by atomic mass is 35.5. The molecule has 0 heterocycles. The zero-order chi connectivity index (χ0) is 11.3. The van der Waals surface area contributed by atoms with Crippen LogP contribution < -0.4 is 11.2 Å². The summed E-state index contributed by atoms with van der Waals surface area (Å²) >= 11 is 5.95. The first kappa shape index (κ1) is 11.7. The summed E-state index contributed by atoms with van der Waals surface area (Å²) in [5.41, 5.74) is 8.87. The Morgan fingerprint density at radius 1 is 1.53 bits per heavy atom. The monoisotopic (exact) mass is 225 g/mol. The van der Waals surface area contributed by atoms with Crippen LogP contribution in [0.5, 0.6) is 0 Å². The van der Waals surface area contributed by atoms with E-state index in [1.165, 1.54) is 0 Å². The molecule has 5 heteroatoms. The second-order valence-electron chi connectivity index (χ2n) is 2.92. The van der Waals surface area contributed by atoms with Crippen LogP contribution >= 0.6 is 11.6 Å². The minimum atomic E-state index is -0.332. The molecular formula is C10H12ClN3O. The maximum atomic E-state index is 10.9. The third-order valence-electron chi connectivity index (χ3n) is 1.80. The van der Waals surface area contributed by atoms with Gasteiger partial charge in [0.1, 0.15) is 0 Å². The average Bonchev–Trinajstić information content (AvgIpc) is 2.26. The van der Waals surface area contributed by atoms with Gasteiger partial charge in [-0.25, -0.2) is 5.43 Å². The molecule has 0 spiro atoms. The molecule has 3 N–H and O–H groups in total. The van der Waals surface area contributed by atoms with E-state index in [0.717, 1.165) is 5.56 Å². The Bertz CT molecular complexity index is 390. The highest BCUT2D eigenvalue weighted by Gasteiger charge is 2.02. The van der Waals surface area contributed by atoms with Gasteiger partial charge in [-0.3, -0.25) is 4.79 Å². The molecule has 0 radical (unpaired) electrons. The first-order chi connectivity index (χ1) is 7.15. The van der Waals surface area contributed by atoms with Crippen LogP contribution in [0.3, 0.4) is 0 Å². The number of hydrogen-bond donors (Lipinski definition) is 2. The Balaban J connectivity index is 2.80. The fourth-order valence-electron chi connectivity index (χ4n) is 1.01. The molecule has 1 amide bonds. The van der Waals surface area contributed by atoms with Crippen LogP contribution in [0.4, 0.5) is 0 Å². The average molecular weight is 226 g/mol. The van der Waals surface area contributed by atoms with Crippen molar-refractivity contribution < 1.29 is 4.79 Å². The van der Waals surface area contributed by atoms with Gasteiger partial charge >= 0.3 is 0 Å². The van der Waals surface area contributed by atoms with Crippen molar-refractivity contribution in [1.82, 2.24) is 5.43 Å². The maximum absolute atomic E-state index is 10.9. The first-order valence-corrected chi connectivity index (χ1v) is 4.81. The van der Waals surface area contributed by atoms with Crippen molar-refractivity contribution in [2.24, 2.45) is 10.8 Å². The van der Waals surface area contributed by atoms with E-state index in [1.807, 2.05) is 18.2 Å². The Kier molecular flexibility index (Phi) is 4.27. The molecule has 0 saturated heterocycles. The number of hydrazone groups is 1. The molecule has 0 aromatic heterocycles. The second-order valence-corrected chi connectivity index (χ2v) is 3.32. The maximum Gasteiger partial charge on any atom is 0.253 e. The lowest BCUT2D eigenvalue weighted by Gasteiger charge is -2.03. The van der Waals surface area contributed by atoms with Crippen molar-refractivity contribution in [2.75, 3.05) is 6.54 Å². The van der Waals surface area contributed by atoms with E-state index < -0.39 is 0 Å². The van der Waals surface area contributed by atoms with E-state index >= 15 is 0 Å². The minimum absolute atomic E-state index is 0.0840. The molecule has 0 unspecified atom stereocenters. The number of amides is 1. The van der Waals surface area contributed by atoms with Crippen molar-refractivity contribution in [3.8, 4) is 0 Å². The zero-order valence-corrected chi connectivity index (χ0v) is 9.08. The number of halogens is 1. The van der Waals surface area contributed by atoms with Gasteiger partial charge in [-0.05, 0) is 13.0 Å². The summed E-state index contributed by atoms with van der Waals surface area (Å²) in [5.74, 6) is -0.332. The number of rotatable bonds is 3. The third kappa shape index (κ3) is 3.34. The van der Waals surface area contributed by atoms with Gasteiger partial charge in [-0.15, -0.1) is 0 Å². The number of carbonyl (C=O) groups excluding carboxylic acids is 1. The fraction of sp³-hybridized carbons (Fsp3) is 0.200. The van der Waals surface area contributed by atoms with Gasteiger partial charge in [0.05, 0.1) is 12.3 Å². The molecule has 1 rings (SSSR count). The number of nitrogens with one attached hydrogen (secondary N) is 1. The molecule has 1 aromatic rings. The predicted octanol–water partition coefficient (Wildman–Crippen LogP) is 1.14. The molecule has 0 aliphatic heterocycles. The summed E-state index contributed by atoms with van der Waals surface area (Å²) in [4.78, 5) is 10.9. The normalized spacial score (nSPS) is 11.3. The summed E-state index contributed by atoms with van der Waals surface area (Å²) < 4.78 is 0. The highest BCUT2D eigenvalue weighted by Crippen LogP contribution is 2.15. The summed E-state index contributed by atoms with van der Waals surface area (Å²) in [5, 5.41) is 4.48. The molecule has 0 fully saturated rings.